The molecule has 1 N–H and O–H groups in total. The van der Waals surface area contributed by atoms with Gasteiger partial charge in [-0.05, 0) is 46.6 Å². The zero-order valence-corrected chi connectivity index (χ0v) is 12.7. The van der Waals surface area contributed by atoms with Crippen LogP contribution in [0.4, 0.5) is 0 Å². The standard InChI is InChI=1S/C13H9BrN2O.C2H6/c1-7-6-8(14)11-12(13(7)17)16-10-5-3-2-4-9(10)15-11;1-2/h2-6,17H,1H3;1-2H3. The van der Waals surface area contributed by atoms with E-state index in [1.807, 2.05) is 51.1 Å². The lowest BCUT2D eigenvalue weighted by molar-refractivity contribution is 0.476. The average molecular weight is 319 g/mol. The van der Waals surface area contributed by atoms with Gasteiger partial charge in [-0.2, -0.15) is 0 Å². The Labute approximate surface area is 120 Å². The molecular weight excluding hydrogens is 304 g/mol. The lowest BCUT2D eigenvalue weighted by Crippen LogP contribution is -1.90. The third kappa shape index (κ3) is 2.40. The van der Waals surface area contributed by atoms with Crippen molar-refractivity contribution in [3.05, 3.63) is 40.4 Å². The lowest BCUT2D eigenvalue weighted by Gasteiger charge is -2.06. The van der Waals surface area contributed by atoms with Crippen LogP contribution < -0.4 is 0 Å². The molecule has 19 heavy (non-hydrogen) atoms. The molecule has 0 aliphatic carbocycles. The van der Waals surface area contributed by atoms with Crippen molar-refractivity contribution in [3.63, 3.8) is 0 Å². The highest BCUT2D eigenvalue weighted by Gasteiger charge is 2.11. The van der Waals surface area contributed by atoms with E-state index in [9.17, 15) is 5.11 Å². The first kappa shape index (κ1) is 13.7. The quantitative estimate of drug-likeness (QED) is 0.617. The highest BCUT2D eigenvalue weighted by atomic mass is 79.9. The average Bonchev–Trinajstić information content (AvgIpc) is 2.45. The topological polar surface area (TPSA) is 46.0 Å². The largest absolute Gasteiger partial charge is 0.505 e. The van der Waals surface area contributed by atoms with E-state index in [0.29, 0.717) is 11.0 Å². The molecule has 0 aliphatic rings. The minimum Gasteiger partial charge on any atom is -0.505 e. The lowest BCUT2D eigenvalue weighted by atomic mass is 10.1. The van der Waals surface area contributed by atoms with E-state index in [-0.39, 0.29) is 5.75 Å². The van der Waals surface area contributed by atoms with Gasteiger partial charge in [0.1, 0.15) is 16.8 Å². The number of hydrogen-bond acceptors (Lipinski definition) is 3. The van der Waals surface area contributed by atoms with Gasteiger partial charge < -0.3 is 5.11 Å². The number of phenols is 1. The molecule has 0 spiro atoms. The number of phenolic OH excluding ortho intramolecular Hbond substituents is 1. The fourth-order valence-electron chi connectivity index (χ4n) is 1.85. The van der Waals surface area contributed by atoms with Crippen molar-refractivity contribution in [1.29, 1.82) is 0 Å². The second-order valence-electron chi connectivity index (χ2n) is 3.93. The Kier molecular flexibility index (Phi) is 4.00. The Bertz CT molecular complexity index is 741. The van der Waals surface area contributed by atoms with Crippen molar-refractivity contribution >= 4 is 38.0 Å². The van der Waals surface area contributed by atoms with E-state index in [0.717, 1.165) is 21.1 Å². The first-order chi connectivity index (χ1) is 9.16. The maximum atomic E-state index is 10.0. The van der Waals surface area contributed by atoms with Crippen LogP contribution in [0, 0.1) is 6.92 Å². The van der Waals surface area contributed by atoms with E-state index in [1.54, 1.807) is 0 Å². The minimum atomic E-state index is 0.196. The number of benzene rings is 2. The van der Waals surface area contributed by atoms with Gasteiger partial charge in [0.2, 0.25) is 0 Å². The van der Waals surface area contributed by atoms with Crippen molar-refractivity contribution < 1.29 is 5.11 Å². The molecule has 0 bridgehead atoms. The normalized spacial score (nSPS) is 10.3. The van der Waals surface area contributed by atoms with Gasteiger partial charge >= 0.3 is 0 Å². The van der Waals surface area contributed by atoms with Crippen molar-refractivity contribution in [2.45, 2.75) is 20.8 Å². The van der Waals surface area contributed by atoms with Gasteiger partial charge in [0, 0.05) is 4.47 Å². The molecule has 0 amide bonds. The molecule has 2 aromatic carbocycles. The number of aromatic nitrogens is 2. The molecule has 1 heterocycles. The predicted molar refractivity (Wildman–Crippen MR) is 82.5 cm³/mol. The van der Waals surface area contributed by atoms with E-state index >= 15 is 0 Å². The molecule has 3 aromatic rings. The Hall–Kier alpha value is -1.68. The van der Waals surface area contributed by atoms with Crippen LogP contribution >= 0.6 is 15.9 Å². The number of halogens is 1. The van der Waals surface area contributed by atoms with Gasteiger partial charge in [0.15, 0.2) is 0 Å². The van der Waals surface area contributed by atoms with Crippen LogP contribution in [0.25, 0.3) is 22.1 Å². The summed E-state index contributed by atoms with van der Waals surface area (Å²) in [5.41, 5.74) is 3.62. The Morgan fingerprint density at radius 3 is 2.11 bits per heavy atom. The first-order valence-electron chi connectivity index (χ1n) is 6.21. The number of rotatable bonds is 0. The third-order valence-corrected chi connectivity index (χ3v) is 3.34. The van der Waals surface area contributed by atoms with E-state index in [2.05, 4.69) is 25.9 Å². The molecule has 0 fully saturated rings. The molecule has 0 radical (unpaired) electrons. The SMILES string of the molecule is CC.Cc1cc(Br)c2nc3ccccc3nc2c1O. The molecule has 1 aromatic heterocycles. The van der Waals surface area contributed by atoms with Crippen LogP contribution in [0.15, 0.2) is 34.8 Å². The highest BCUT2D eigenvalue weighted by molar-refractivity contribution is 9.10. The number of hydrogen-bond donors (Lipinski definition) is 1. The minimum absolute atomic E-state index is 0.196. The van der Waals surface area contributed by atoms with E-state index < -0.39 is 0 Å². The van der Waals surface area contributed by atoms with Gasteiger partial charge in [0.05, 0.1) is 11.0 Å². The Morgan fingerprint density at radius 2 is 1.53 bits per heavy atom. The summed E-state index contributed by atoms with van der Waals surface area (Å²) in [6.45, 7) is 5.84. The summed E-state index contributed by atoms with van der Waals surface area (Å²) in [7, 11) is 0. The molecule has 0 unspecified atom stereocenters. The van der Waals surface area contributed by atoms with Crippen molar-refractivity contribution in [2.24, 2.45) is 0 Å². The van der Waals surface area contributed by atoms with Crippen LogP contribution in [-0.4, -0.2) is 15.1 Å². The monoisotopic (exact) mass is 318 g/mol. The summed E-state index contributed by atoms with van der Waals surface area (Å²) < 4.78 is 0.848. The second-order valence-corrected chi connectivity index (χ2v) is 4.79. The van der Waals surface area contributed by atoms with Crippen LogP contribution in [0.3, 0.4) is 0 Å². The smallest absolute Gasteiger partial charge is 0.146 e. The van der Waals surface area contributed by atoms with Crippen LogP contribution in [0.2, 0.25) is 0 Å². The Balaban J connectivity index is 0.000000637. The van der Waals surface area contributed by atoms with E-state index in [4.69, 9.17) is 0 Å². The molecule has 0 saturated carbocycles. The van der Waals surface area contributed by atoms with Crippen molar-refractivity contribution in [3.8, 4) is 5.75 Å². The number of fused-ring (bicyclic) bond motifs is 2. The summed E-state index contributed by atoms with van der Waals surface area (Å²) in [4.78, 5) is 8.97. The maximum absolute atomic E-state index is 10.0. The fourth-order valence-corrected chi connectivity index (χ4v) is 2.47. The summed E-state index contributed by atoms with van der Waals surface area (Å²) in [5, 5.41) is 10.0. The molecule has 98 valence electrons. The number of para-hydroxylation sites is 2. The summed E-state index contributed by atoms with van der Waals surface area (Å²) in [6.07, 6.45) is 0. The van der Waals surface area contributed by atoms with E-state index in [1.165, 1.54) is 0 Å². The zero-order chi connectivity index (χ0) is 14.0. The summed E-state index contributed by atoms with van der Waals surface area (Å²) >= 11 is 3.45. The van der Waals surface area contributed by atoms with Crippen molar-refractivity contribution in [1.82, 2.24) is 9.97 Å². The van der Waals surface area contributed by atoms with Gasteiger partial charge in [-0.25, -0.2) is 9.97 Å². The van der Waals surface area contributed by atoms with Gasteiger partial charge in [-0.3, -0.25) is 0 Å². The molecule has 0 aliphatic heterocycles. The van der Waals surface area contributed by atoms with Crippen molar-refractivity contribution in [2.75, 3.05) is 0 Å². The van der Waals surface area contributed by atoms with Crippen LogP contribution in [0.1, 0.15) is 19.4 Å². The zero-order valence-electron chi connectivity index (χ0n) is 11.1. The van der Waals surface area contributed by atoms with Crippen LogP contribution in [-0.2, 0) is 0 Å². The third-order valence-electron chi connectivity index (χ3n) is 2.74. The molecule has 3 nitrogen and oxygen atoms in total. The number of aryl methyl sites for hydroxylation is 1. The molecule has 0 atom stereocenters. The fraction of sp³-hybridized carbons (Fsp3) is 0.200. The summed E-state index contributed by atoms with van der Waals surface area (Å²) in [6, 6.07) is 9.47. The van der Waals surface area contributed by atoms with Gasteiger partial charge in [-0.15, -0.1) is 0 Å². The maximum Gasteiger partial charge on any atom is 0.146 e. The number of aromatic hydroxyl groups is 1. The Morgan fingerprint density at radius 1 is 1.00 bits per heavy atom. The van der Waals surface area contributed by atoms with Crippen LogP contribution in [0.5, 0.6) is 5.75 Å². The molecule has 3 rings (SSSR count). The van der Waals surface area contributed by atoms with Gasteiger partial charge in [-0.1, -0.05) is 26.0 Å². The molecule has 4 heteroatoms. The number of nitrogens with zero attached hydrogens (tertiary/aromatic N) is 2. The summed E-state index contributed by atoms with van der Waals surface area (Å²) in [5.74, 6) is 0.196. The van der Waals surface area contributed by atoms with Gasteiger partial charge in [0.25, 0.3) is 0 Å². The highest BCUT2D eigenvalue weighted by Crippen LogP contribution is 2.32. The molecule has 0 saturated heterocycles. The molecular formula is C15H15BrN2O. The first-order valence-corrected chi connectivity index (χ1v) is 7.00. The predicted octanol–water partition coefficient (Wildman–Crippen LogP) is 4.59. The second kappa shape index (κ2) is 5.53.